The van der Waals surface area contributed by atoms with Crippen molar-refractivity contribution in [1.82, 2.24) is 20.2 Å². The maximum atomic E-state index is 4.72. The Labute approximate surface area is 132 Å². The Bertz CT molecular complexity index is 634. The van der Waals surface area contributed by atoms with Crippen LogP contribution in [-0.2, 0) is 12.8 Å². The van der Waals surface area contributed by atoms with Gasteiger partial charge in [0.05, 0.1) is 6.20 Å². The fraction of sp³-hybridized carbons (Fsp3) is 0.588. The van der Waals surface area contributed by atoms with Crippen molar-refractivity contribution >= 4 is 5.82 Å². The van der Waals surface area contributed by atoms with Crippen LogP contribution in [0.4, 0.5) is 5.82 Å². The molecule has 0 aliphatic carbocycles. The summed E-state index contributed by atoms with van der Waals surface area (Å²) < 4.78 is 0. The van der Waals surface area contributed by atoms with E-state index in [2.05, 4.69) is 46.9 Å². The number of hydrogen-bond acceptors (Lipinski definition) is 4. The minimum absolute atomic E-state index is 0.520. The van der Waals surface area contributed by atoms with Crippen molar-refractivity contribution in [2.24, 2.45) is 0 Å². The summed E-state index contributed by atoms with van der Waals surface area (Å²) in [7, 11) is 0. The van der Waals surface area contributed by atoms with E-state index in [9.17, 15) is 0 Å². The van der Waals surface area contributed by atoms with Gasteiger partial charge in [-0.05, 0) is 31.7 Å². The summed E-state index contributed by atoms with van der Waals surface area (Å²) in [5.41, 5.74) is 3.72. The molecule has 0 bridgehead atoms. The second kappa shape index (κ2) is 6.46. The van der Waals surface area contributed by atoms with E-state index in [0.29, 0.717) is 5.92 Å². The molecule has 2 aromatic rings. The third-order valence-electron chi connectivity index (χ3n) is 4.49. The Kier molecular flexibility index (Phi) is 4.41. The second-order valence-electron chi connectivity index (χ2n) is 6.08. The lowest BCUT2D eigenvalue weighted by Crippen LogP contribution is -2.35. The van der Waals surface area contributed by atoms with Crippen molar-refractivity contribution in [1.29, 1.82) is 0 Å². The summed E-state index contributed by atoms with van der Waals surface area (Å²) in [5, 5.41) is 7.46. The van der Waals surface area contributed by atoms with Gasteiger partial charge >= 0.3 is 0 Å². The molecule has 3 rings (SSSR count). The smallest absolute Gasteiger partial charge is 0.132 e. The number of aryl methyl sites for hydroxylation is 3. The number of nitrogens with zero attached hydrogens (tertiary/aromatic N) is 4. The zero-order chi connectivity index (χ0) is 15.5. The normalized spacial score (nSPS) is 18.7. The van der Waals surface area contributed by atoms with E-state index < -0.39 is 0 Å². The van der Waals surface area contributed by atoms with Crippen LogP contribution in [0.15, 0.2) is 12.3 Å². The molecule has 1 aliphatic heterocycles. The average Bonchev–Trinajstić information content (AvgIpc) is 3.03. The average molecular weight is 299 g/mol. The molecule has 1 N–H and O–H groups in total. The predicted molar refractivity (Wildman–Crippen MR) is 88.3 cm³/mol. The second-order valence-corrected chi connectivity index (χ2v) is 6.08. The zero-order valence-electron chi connectivity index (χ0n) is 13.8. The number of rotatable bonds is 4. The number of piperidine rings is 1. The lowest BCUT2D eigenvalue weighted by molar-refractivity contribution is 0.495. The fourth-order valence-corrected chi connectivity index (χ4v) is 3.31. The van der Waals surface area contributed by atoms with Crippen LogP contribution in [0.2, 0.25) is 0 Å². The van der Waals surface area contributed by atoms with Gasteiger partial charge in [-0.1, -0.05) is 13.8 Å². The molecule has 1 saturated heterocycles. The number of aromatic amines is 1. The Balaban J connectivity index is 1.82. The monoisotopic (exact) mass is 299 g/mol. The third kappa shape index (κ3) is 2.98. The zero-order valence-corrected chi connectivity index (χ0v) is 13.8. The predicted octanol–water partition coefficient (Wildman–Crippen LogP) is 3.02. The lowest BCUT2D eigenvalue weighted by atomic mass is 9.92. The van der Waals surface area contributed by atoms with Crippen LogP contribution in [0, 0.1) is 6.92 Å². The molecule has 0 spiro atoms. The molecule has 5 nitrogen and oxygen atoms in total. The van der Waals surface area contributed by atoms with Crippen molar-refractivity contribution in [3.05, 3.63) is 35.0 Å². The largest absolute Gasteiger partial charge is 0.356 e. The van der Waals surface area contributed by atoms with Crippen LogP contribution in [0.5, 0.6) is 0 Å². The first kappa shape index (κ1) is 15.0. The Morgan fingerprint density at radius 3 is 2.91 bits per heavy atom. The van der Waals surface area contributed by atoms with Crippen LogP contribution in [0.25, 0.3) is 0 Å². The molecule has 0 aromatic carbocycles. The van der Waals surface area contributed by atoms with Crippen LogP contribution in [0.3, 0.4) is 0 Å². The molecule has 0 radical (unpaired) electrons. The van der Waals surface area contributed by atoms with E-state index in [0.717, 1.165) is 43.3 Å². The van der Waals surface area contributed by atoms with Crippen molar-refractivity contribution < 1.29 is 0 Å². The molecular formula is C17H25N5. The van der Waals surface area contributed by atoms with E-state index in [-0.39, 0.29) is 0 Å². The third-order valence-corrected chi connectivity index (χ3v) is 4.49. The van der Waals surface area contributed by atoms with Crippen molar-refractivity contribution in [2.75, 3.05) is 18.0 Å². The fourth-order valence-electron chi connectivity index (χ4n) is 3.31. The van der Waals surface area contributed by atoms with Gasteiger partial charge in [-0.15, -0.1) is 0 Å². The summed E-state index contributed by atoms with van der Waals surface area (Å²) >= 11 is 0. The van der Waals surface area contributed by atoms with Gasteiger partial charge in [0.1, 0.15) is 11.6 Å². The maximum Gasteiger partial charge on any atom is 0.132 e. The van der Waals surface area contributed by atoms with Crippen LogP contribution >= 0.6 is 0 Å². The van der Waals surface area contributed by atoms with Crippen LogP contribution < -0.4 is 4.90 Å². The quantitative estimate of drug-likeness (QED) is 0.943. The number of anilines is 1. The minimum atomic E-state index is 0.520. The molecule has 118 valence electrons. The Morgan fingerprint density at radius 2 is 2.14 bits per heavy atom. The summed E-state index contributed by atoms with van der Waals surface area (Å²) in [4.78, 5) is 11.6. The van der Waals surface area contributed by atoms with E-state index in [1.54, 1.807) is 0 Å². The number of aromatic nitrogens is 4. The molecule has 22 heavy (non-hydrogen) atoms. The molecule has 1 unspecified atom stereocenters. The van der Waals surface area contributed by atoms with Gasteiger partial charge in [-0.25, -0.2) is 9.97 Å². The van der Waals surface area contributed by atoms with Crippen LogP contribution in [-0.4, -0.2) is 33.3 Å². The molecule has 3 heterocycles. The molecule has 1 atom stereocenters. The highest BCUT2D eigenvalue weighted by Gasteiger charge is 2.25. The SMILES string of the molecule is CCc1nc(C)cc(N2CCCC(c3[nH]ncc3CC)C2)n1. The molecule has 0 saturated carbocycles. The van der Waals surface area contributed by atoms with Gasteiger partial charge in [0.2, 0.25) is 0 Å². The molecule has 5 heteroatoms. The summed E-state index contributed by atoms with van der Waals surface area (Å²) in [5.74, 6) is 2.53. The summed E-state index contributed by atoms with van der Waals surface area (Å²) in [6.45, 7) is 8.43. The molecule has 1 fully saturated rings. The first-order chi connectivity index (χ1) is 10.7. The minimum Gasteiger partial charge on any atom is -0.356 e. The van der Waals surface area contributed by atoms with Gasteiger partial charge in [-0.3, -0.25) is 5.10 Å². The number of H-pyrrole nitrogens is 1. The summed E-state index contributed by atoms with van der Waals surface area (Å²) in [6.07, 6.45) is 6.30. The molecule has 1 aliphatic rings. The summed E-state index contributed by atoms with van der Waals surface area (Å²) in [6, 6.07) is 2.11. The highest BCUT2D eigenvalue weighted by atomic mass is 15.2. The van der Waals surface area contributed by atoms with Gasteiger partial charge in [0, 0.05) is 42.9 Å². The topological polar surface area (TPSA) is 57.7 Å². The van der Waals surface area contributed by atoms with Gasteiger partial charge < -0.3 is 4.90 Å². The first-order valence-electron chi connectivity index (χ1n) is 8.32. The maximum absolute atomic E-state index is 4.72. The van der Waals surface area contributed by atoms with E-state index >= 15 is 0 Å². The first-order valence-corrected chi connectivity index (χ1v) is 8.32. The Morgan fingerprint density at radius 1 is 1.27 bits per heavy atom. The highest BCUT2D eigenvalue weighted by molar-refractivity contribution is 5.41. The van der Waals surface area contributed by atoms with Crippen molar-refractivity contribution in [3.63, 3.8) is 0 Å². The Hall–Kier alpha value is -1.91. The molecule has 0 amide bonds. The van der Waals surface area contributed by atoms with Crippen molar-refractivity contribution in [3.8, 4) is 0 Å². The standard InChI is InChI=1S/C17H25N5/c1-4-13-10-18-21-17(13)14-7-6-8-22(11-14)16-9-12(3)19-15(5-2)20-16/h9-10,14H,4-8,11H2,1-3H3,(H,18,21). The molecule has 2 aromatic heterocycles. The van der Waals surface area contributed by atoms with Gasteiger partial charge in [0.25, 0.3) is 0 Å². The van der Waals surface area contributed by atoms with Gasteiger partial charge in [0.15, 0.2) is 0 Å². The molecular weight excluding hydrogens is 274 g/mol. The van der Waals surface area contributed by atoms with Crippen LogP contribution in [0.1, 0.15) is 55.4 Å². The highest BCUT2D eigenvalue weighted by Crippen LogP contribution is 2.30. The van der Waals surface area contributed by atoms with Gasteiger partial charge in [-0.2, -0.15) is 5.10 Å². The van der Waals surface area contributed by atoms with Crippen molar-refractivity contribution in [2.45, 2.75) is 52.4 Å². The number of nitrogens with one attached hydrogen (secondary N) is 1. The lowest BCUT2D eigenvalue weighted by Gasteiger charge is -2.33. The van der Waals surface area contributed by atoms with E-state index in [4.69, 9.17) is 4.98 Å². The number of hydrogen-bond donors (Lipinski definition) is 1. The van der Waals surface area contributed by atoms with E-state index in [1.807, 2.05) is 6.20 Å². The van der Waals surface area contributed by atoms with E-state index in [1.165, 1.54) is 24.1 Å².